The first-order valence-corrected chi connectivity index (χ1v) is 10.3. The molecular formula is C21H27N3O3. The molecule has 2 bridgehead atoms. The van der Waals surface area contributed by atoms with E-state index >= 15 is 0 Å². The molecule has 6 nitrogen and oxygen atoms in total. The Morgan fingerprint density at radius 1 is 1.07 bits per heavy atom. The Morgan fingerprint density at radius 2 is 1.93 bits per heavy atom. The van der Waals surface area contributed by atoms with Crippen LogP contribution in [-0.4, -0.2) is 52.5 Å². The summed E-state index contributed by atoms with van der Waals surface area (Å²) >= 11 is 0. The lowest BCUT2D eigenvalue weighted by Crippen LogP contribution is -2.47. The van der Waals surface area contributed by atoms with Gasteiger partial charge in [-0.1, -0.05) is 18.6 Å². The monoisotopic (exact) mass is 369 g/mol. The Kier molecular flexibility index (Phi) is 4.31. The summed E-state index contributed by atoms with van der Waals surface area (Å²) in [6.07, 6.45) is 6.52. The van der Waals surface area contributed by atoms with Gasteiger partial charge in [-0.3, -0.25) is 14.3 Å². The molecule has 2 unspecified atom stereocenters. The molecule has 4 aliphatic rings. The van der Waals surface area contributed by atoms with Gasteiger partial charge < -0.3 is 9.32 Å². The summed E-state index contributed by atoms with van der Waals surface area (Å²) in [5.41, 5.74) is 1.23. The van der Waals surface area contributed by atoms with Crippen LogP contribution in [0.2, 0.25) is 0 Å². The van der Waals surface area contributed by atoms with Crippen LogP contribution in [0.25, 0.3) is 11.1 Å². The molecule has 0 N–H and O–H groups in total. The molecule has 144 valence electrons. The highest BCUT2D eigenvalue weighted by molar-refractivity contribution is 5.79. The lowest BCUT2D eigenvalue weighted by Gasteiger charge is -2.40. The number of carbonyl (C=O) groups excluding carboxylic acids is 1. The lowest BCUT2D eigenvalue weighted by molar-refractivity contribution is -0.132. The van der Waals surface area contributed by atoms with Crippen LogP contribution in [0.1, 0.15) is 32.1 Å². The zero-order chi connectivity index (χ0) is 18.4. The minimum absolute atomic E-state index is 0.0334. The highest BCUT2D eigenvalue weighted by atomic mass is 16.4. The van der Waals surface area contributed by atoms with Gasteiger partial charge in [-0.2, -0.15) is 0 Å². The molecule has 6 rings (SSSR count). The first kappa shape index (κ1) is 17.0. The standard InChI is InChI=1S/C21H27N3O3/c25-20(14-24-18-6-1-2-7-19(18)27-21(24)26)23-12-16-8-9-17(13-23)22(11-16)10-15-4-3-5-15/h1-2,6-7,15-17H,3-5,8-14H2. The summed E-state index contributed by atoms with van der Waals surface area (Å²) in [4.78, 5) is 29.9. The second-order valence-electron chi connectivity index (χ2n) is 8.57. The highest BCUT2D eigenvalue weighted by Gasteiger charge is 2.37. The number of carbonyl (C=O) groups is 1. The zero-order valence-corrected chi connectivity index (χ0v) is 15.7. The lowest BCUT2D eigenvalue weighted by atomic mass is 9.83. The number of oxazole rings is 1. The van der Waals surface area contributed by atoms with E-state index in [0.717, 1.165) is 25.6 Å². The third kappa shape index (κ3) is 3.20. The Labute approximate surface area is 158 Å². The van der Waals surface area contributed by atoms with Crippen molar-refractivity contribution in [3.8, 4) is 0 Å². The number of hydrogen-bond donors (Lipinski definition) is 0. The topological polar surface area (TPSA) is 58.7 Å². The van der Waals surface area contributed by atoms with Gasteiger partial charge in [-0.25, -0.2) is 4.79 Å². The van der Waals surface area contributed by atoms with Gasteiger partial charge in [0.2, 0.25) is 5.91 Å². The molecule has 2 atom stereocenters. The SMILES string of the molecule is O=C(Cn1c(=O)oc2ccccc21)N1CC2CCC(C1)N(CC1CCC1)C2. The van der Waals surface area contributed by atoms with Gasteiger partial charge in [0.25, 0.3) is 0 Å². The molecular weight excluding hydrogens is 342 g/mol. The summed E-state index contributed by atoms with van der Waals surface area (Å²) in [5, 5.41) is 0. The van der Waals surface area contributed by atoms with E-state index in [1.807, 2.05) is 23.1 Å². The summed E-state index contributed by atoms with van der Waals surface area (Å²) in [5.74, 6) is 1.01. The van der Waals surface area contributed by atoms with Crippen molar-refractivity contribution >= 4 is 17.0 Å². The van der Waals surface area contributed by atoms with Crippen molar-refractivity contribution in [2.75, 3.05) is 26.2 Å². The second-order valence-corrected chi connectivity index (χ2v) is 8.57. The van der Waals surface area contributed by atoms with Gasteiger partial charge in [0.05, 0.1) is 5.52 Å². The zero-order valence-electron chi connectivity index (χ0n) is 15.7. The molecule has 1 saturated carbocycles. The van der Waals surface area contributed by atoms with Crippen molar-refractivity contribution in [3.05, 3.63) is 34.8 Å². The predicted molar refractivity (Wildman–Crippen MR) is 102 cm³/mol. The number of benzene rings is 1. The van der Waals surface area contributed by atoms with Gasteiger partial charge >= 0.3 is 5.76 Å². The maximum absolute atomic E-state index is 13.0. The number of piperidine rings is 1. The summed E-state index contributed by atoms with van der Waals surface area (Å²) in [6.45, 7) is 4.01. The minimum atomic E-state index is -0.450. The van der Waals surface area contributed by atoms with E-state index in [2.05, 4.69) is 4.90 Å². The van der Waals surface area contributed by atoms with Crippen LogP contribution in [-0.2, 0) is 11.3 Å². The van der Waals surface area contributed by atoms with Crippen LogP contribution in [0.5, 0.6) is 0 Å². The highest BCUT2D eigenvalue weighted by Crippen LogP contribution is 2.33. The number of nitrogens with zero attached hydrogens (tertiary/aromatic N) is 3. The third-order valence-electron chi connectivity index (χ3n) is 6.76. The molecule has 1 aromatic heterocycles. The van der Waals surface area contributed by atoms with E-state index in [1.165, 1.54) is 43.2 Å². The molecule has 0 spiro atoms. The molecule has 4 heterocycles. The Hall–Kier alpha value is -2.08. The number of para-hydroxylation sites is 2. The number of fused-ring (bicyclic) bond motifs is 5. The predicted octanol–water partition coefficient (Wildman–Crippen LogP) is 2.32. The number of amides is 1. The maximum atomic E-state index is 13.0. The molecule has 4 fully saturated rings. The molecule has 27 heavy (non-hydrogen) atoms. The second kappa shape index (κ2) is 6.82. The first-order valence-electron chi connectivity index (χ1n) is 10.3. The molecule has 1 aliphatic carbocycles. The fourth-order valence-electron chi connectivity index (χ4n) is 5.01. The van der Waals surface area contributed by atoms with Crippen LogP contribution < -0.4 is 5.76 Å². The fraction of sp³-hybridized carbons (Fsp3) is 0.619. The normalized spacial score (nSPS) is 26.3. The van der Waals surface area contributed by atoms with Gasteiger partial charge in [-0.15, -0.1) is 0 Å². The molecule has 2 aromatic rings. The van der Waals surface area contributed by atoms with Gasteiger partial charge in [-0.05, 0) is 49.7 Å². The van der Waals surface area contributed by atoms with Crippen molar-refractivity contribution in [1.82, 2.24) is 14.4 Å². The molecule has 6 heteroatoms. The van der Waals surface area contributed by atoms with E-state index in [1.54, 1.807) is 6.07 Å². The van der Waals surface area contributed by atoms with Crippen LogP contribution in [0.15, 0.2) is 33.5 Å². The van der Waals surface area contributed by atoms with Crippen molar-refractivity contribution in [2.45, 2.75) is 44.7 Å². The molecule has 3 aliphatic heterocycles. The average molecular weight is 369 g/mol. The number of hydrogen-bond acceptors (Lipinski definition) is 4. The van der Waals surface area contributed by atoms with E-state index in [9.17, 15) is 9.59 Å². The van der Waals surface area contributed by atoms with Crippen molar-refractivity contribution < 1.29 is 9.21 Å². The van der Waals surface area contributed by atoms with E-state index in [4.69, 9.17) is 4.42 Å². The molecule has 1 aromatic carbocycles. The summed E-state index contributed by atoms with van der Waals surface area (Å²) in [7, 11) is 0. The summed E-state index contributed by atoms with van der Waals surface area (Å²) in [6, 6.07) is 7.78. The van der Waals surface area contributed by atoms with Crippen LogP contribution in [0.3, 0.4) is 0 Å². The largest absolute Gasteiger partial charge is 0.420 e. The number of rotatable bonds is 4. The van der Waals surface area contributed by atoms with Gasteiger partial charge in [0, 0.05) is 32.2 Å². The van der Waals surface area contributed by atoms with Crippen LogP contribution in [0, 0.1) is 11.8 Å². The minimum Gasteiger partial charge on any atom is -0.408 e. The average Bonchev–Trinajstić information content (AvgIpc) is 2.79. The maximum Gasteiger partial charge on any atom is 0.420 e. The molecule has 1 amide bonds. The van der Waals surface area contributed by atoms with Gasteiger partial charge in [0.15, 0.2) is 5.58 Å². The Bertz CT molecular complexity index is 897. The molecule has 0 radical (unpaired) electrons. The van der Waals surface area contributed by atoms with Crippen LogP contribution >= 0.6 is 0 Å². The number of aromatic nitrogens is 1. The van der Waals surface area contributed by atoms with Crippen LogP contribution in [0.4, 0.5) is 0 Å². The first-order chi connectivity index (χ1) is 13.2. The van der Waals surface area contributed by atoms with Crippen molar-refractivity contribution in [1.29, 1.82) is 0 Å². The quantitative estimate of drug-likeness (QED) is 0.830. The Morgan fingerprint density at radius 3 is 2.74 bits per heavy atom. The van der Waals surface area contributed by atoms with Gasteiger partial charge in [0.1, 0.15) is 6.54 Å². The summed E-state index contributed by atoms with van der Waals surface area (Å²) < 4.78 is 6.74. The van der Waals surface area contributed by atoms with Crippen molar-refractivity contribution in [3.63, 3.8) is 0 Å². The Balaban J connectivity index is 1.32. The van der Waals surface area contributed by atoms with E-state index in [0.29, 0.717) is 23.1 Å². The molecule has 3 saturated heterocycles. The van der Waals surface area contributed by atoms with E-state index < -0.39 is 5.76 Å². The van der Waals surface area contributed by atoms with E-state index in [-0.39, 0.29) is 12.5 Å². The fourth-order valence-corrected chi connectivity index (χ4v) is 5.01. The van der Waals surface area contributed by atoms with Crippen molar-refractivity contribution in [2.24, 2.45) is 11.8 Å². The smallest absolute Gasteiger partial charge is 0.408 e. The third-order valence-corrected chi connectivity index (χ3v) is 6.76.